The molecule has 0 amide bonds. The first-order valence-electron chi connectivity index (χ1n) is 10.7. The van der Waals surface area contributed by atoms with E-state index >= 15 is 0 Å². The lowest BCUT2D eigenvalue weighted by Crippen LogP contribution is -2.42. The Kier molecular flexibility index (Phi) is 4.00. The summed E-state index contributed by atoms with van der Waals surface area (Å²) in [5, 5.41) is 20.7. The molecule has 0 aliphatic heterocycles. The van der Waals surface area contributed by atoms with Gasteiger partial charge in [0.15, 0.2) is 0 Å². The van der Waals surface area contributed by atoms with E-state index in [1.807, 2.05) is 12.1 Å². The van der Waals surface area contributed by atoms with Gasteiger partial charge in [-0.15, -0.1) is 0 Å². The molecule has 0 bridgehead atoms. The Morgan fingerprint density at radius 2 is 1.82 bits per heavy atom. The van der Waals surface area contributed by atoms with Crippen LogP contribution in [0.15, 0.2) is 53.6 Å². The predicted octanol–water partition coefficient (Wildman–Crippen LogP) is 5.38. The van der Waals surface area contributed by atoms with E-state index in [0.29, 0.717) is 5.75 Å². The summed E-state index contributed by atoms with van der Waals surface area (Å²) in [4.78, 5) is 0. The van der Waals surface area contributed by atoms with Gasteiger partial charge in [-0.1, -0.05) is 48.4 Å². The number of fused-ring (bicyclic) bond motifs is 4. The number of rotatable bonds is 2. The molecule has 146 valence electrons. The molecule has 0 unspecified atom stereocenters. The summed E-state index contributed by atoms with van der Waals surface area (Å²) in [5.41, 5.74) is 8.67. The third-order valence-electron chi connectivity index (χ3n) is 7.77. The van der Waals surface area contributed by atoms with Gasteiger partial charge in [0.1, 0.15) is 5.75 Å². The third kappa shape index (κ3) is 2.58. The van der Waals surface area contributed by atoms with Crippen molar-refractivity contribution in [3.05, 3.63) is 75.9 Å². The topological polar surface area (TPSA) is 40.5 Å². The van der Waals surface area contributed by atoms with Crippen molar-refractivity contribution in [3.8, 4) is 5.75 Å². The van der Waals surface area contributed by atoms with Crippen molar-refractivity contribution < 1.29 is 10.2 Å². The minimum atomic E-state index is -0.192. The molecule has 1 saturated carbocycles. The molecule has 0 aromatic heterocycles. The largest absolute Gasteiger partial charge is 0.508 e. The second-order valence-electron chi connectivity index (χ2n) is 9.62. The average molecular weight is 375 g/mol. The maximum atomic E-state index is 10.5. The highest BCUT2D eigenvalue weighted by Crippen LogP contribution is 2.61. The van der Waals surface area contributed by atoms with Crippen LogP contribution in [0, 0.1) is 12.3 Å². The van der Waals surface area contributed by atoms with Crippen LogP contribution in [0.2, 0.25) is 0 Å². The summed E-state index contributed by atoms with van der Waals surface area (Å²) in [6, 6.07) is 14.8. The first kappa shape index (κ1) is 18.0. The Morgan fingerprint density at radius 1 is 1.04 bits per heavy atom. The number of aliphatic hydroxyl groups excluding tert-OH is 1. The molecule has 0 heterocycles. The standard InChI is InChI=1S/C26H30O2/c1-17-12-20(27)13-19-8-9-22-23-14-21(28)16-25(23,2)10-11-26(22,24(17)19)15-18-6-4-3-5-7-18/h3-7,12-13,21,27-28H,8-11,14-16H2,1-2H3/t21-,25-,26+/m1/s1. The second kappa shape index (κ2) is 6.22. The molecule has 3 atom stereocenters. The van der Waals surface area contributed by atoms with E-state index in [0.717, 1.165) is 44.9 Å². The summed E-state index contributed by atoms with van der Waals surface area (Å²) in [5.74, 6) is 0.388. The van der Waals surface area contributed by atoms with Gasteiger partial charge in [0.2, 0.25) is 0 Å². The van der Waals surface area contributed by atoms with Crippen LogP contribution in [0.25, 0.3) is 0 Å². The van der Waals surface area contributed by atoms with Gasteiger partial charge in [0.25, 0.3) is 0 Å². The molecule has 1 fully saturated rings. The Balaban J connectivity index is 1.76. The summed E-state index contributed by atoms with van der Waals surface area (Å²) in [6.45, 7) is 4.54. The Bertz CT molecular complexity index is 958. The summed E-state index contributed by atoms with van der Waals surface area (Å²) in [6.07, 6.45) is 6.88. The zero-order valence-electron chi connectivity index (χ0n) is 17.0. The minimum Gasteiger partial charge on any atom is -0.508 e. The van der Waals surface area contributed by atoms with Gasteiger partial charge >= 0.3 is 0 Å². The van der Waals surface area contributed by atoms with E-state index in [4.69, 9.17) is 0 Å². The van der Waals surface area contributed by atoms with Crippen LogP contribution >= 0.6 is 0 Å². The van der Waals surface area contributed by atoms with Gasteiger partial charge in [0.05, 0.1) is 6.10 Å². The lowest BCUT2D eigenvalue weighted by Gasteiger charge is -2.50. The molecule has 0 spiro atoms. The first-order valence-corrected chi connectivity index (χ1v) is 10.7. The van der Waals surface area contributed by atoms with Crippen LogP contribution in [-0.4, -0.2) is 16.3 Å². The van der Waals surface area contributed by atoms with Gasteiger partial charge in [-0.2, -0.15) is 0 Å². The fourth-order valence-electron chi connectivity index (χ4n) is 6.74. The number of phenolic OH excluding ortho intramolecular Hbond substituents is 1. The van der Waals surface area contributed by atoms with Crippen molar-refractivity contribution in [2.24, 2.45) is 5.41 Å². The van der Waals surface area contributed by atoms with Crippen LogP contribution in [0.1, 0.15) is 61.3 Å². The SMILES string of the molecule is Cc1cc(O)cc2c1[C@]1(Cc3ccccc3)CC[C@]3(C)C[C@H](O)CC3=C1CC2. The number of aryl methyl sites for hydroxylation is 2. The molecule has 3 aliphatic rings. The molecule has 3 aliphatic carbocycles. The number of allylic oxidation sites excluding steroid dienone is 1. The highest BCUT2D eigenvalue weighted by atomic mass is 16.3. The van der Waals surface area contributed by atoms with Gasteiger partial charge in [-0.3, -0.25) is 0 Å². The van der Waals surface area contributed by atoms with E-state index in [2.05, 4.69) is 44.2 Å². The minimum absolute atomic E-state index is 0.00558. The molecule has 2 aromatic rings. The monoisotopic (exact) mass is 374 g/mol. The number of hydrogen-bond acceptors (Lipinski definition) is 2. The third-order valence-corrected chi connectivity index (χ3v) is 7.77. The number of aliphatic hydroxyl groups is 1. The van der Waals surface area contributed by atoms with Crippen molar-refractivity contribution in [3.63, 3.8) is 0 Å². The van der Waals surface area contributed by atoms with Gasteiger partial charge in [-0.05, 0) is 91.7 Å². The van der Waals surface area contributed by atoms with E-state index in [9.17, 15) is 10.2 Å². The molecule has 2 N–H and O–H groups in total. The number of benzene rings is 2. The predicted molar refractivity (Wildman–Crippen MR) is 113 cm³/mol. The molecular formula is C26H30O2. The first-order chi connectivity index (χ1) is 13.4. The van der Waals surface area contributed by atoms with Crippen LogP contribution in [0.5, 0.6) is 5.75 Å². The summed E-state index contributed by atoms with van der Waals surface area (Å²) in [7, 11) is 0. The summed E-state index contributed by atoms with van der Waals surface area (Å²) < 4.78 is 0. The van der Waals surface area contributed by atoms with Crippen molar-refractivity contribution >= 4 is 0 Å². The Hall–Kier alpha value is -2.06. The zero-order chi connectivity index (χ0) is 19.5. The fraction of sp³-hybridized carbons (Fsp3) is 0.462. The van der Waals surface area contributed by atoms with Gasteiger partial charge in [0, 0.05) is 5.41 Å². The smallest absolute Gasteiger partial charge is 0.116 e. The highest BCUT2D eigenvalue weighted by Gasteiger charge is 2.52. The molecule has 2 heteroatoms. The number of aromatic hydroxyl groups is 1. The highest BCUT2D eigenvalue weighted by molar-refractivity contribution is 5.57. The number of phenols is 1. The van der Waals surface area contributed by atoms with Crippen LogP contribution < -0.4 is 0 Å². The zero-order valence-corrected chi connectivity index (χ0v) is 17.0. The summed E-state index contributed by atoms with van der Waals surface area (Å²) >= 11 is 0. The molecule has 5 rings (SSSR count). The van der Waals surface area contributed by atoms with Crippen LogP contribution in [0.4, 0.5) is 0 Å². The second-order valence-corrected chi connectivity index (χ2v) is 9.62. The molecule has 0 saturated heterocycles. The number of hydrogen-bond donors (Lipinski definition) is 2. The normalized spacial score (nSPS) is 31.3. The molecule has 2 nitrogen and oxygen atoms in total. The van der Waals surface area contributed by atoms with Crippen LogP contribution in [0.3, 0.4) is 0 Å². The molecule has 2 aromatic carbocycles. The Morgan fingerprint density at radius 3 is 2.61 bits per heavy atom. The lowest BCUT2D eigenvalue weighted by atomic mass is 9.53. The molecule has 28 heavy (non-hydrogen) atoms. The maximum Gasteiger partial charge on any atom is 0.116 e. The van der Waals surface area contributed by atoms with E-state index < -0.39 is 0 Å². The quantitative estimate of drug-likeness (QED) is 0.693. The Labute approximate surface area is 167 Å². The van der Waals surface area contributed by atoms with E-state index in [-0.39, 0.29) is 16.9 Å². The van der Waals surface area contributed by atoms with Crippen molar-refractivity contribution in [2.45, 2.75) is 70.3 Å². The van der Waals surface area contributed by atoms with Crippen molar-refractivity contribution in [2.75, 3.05) is 0 Å². The van der Waals surface area contributed by atoms with E-state index in [1.165, 1.54) is 22.3 Å². The molecule has 0 radical (unpaired) electrons. The molecular weight excluding hydrogens is 344 g/mol. The van der Waals surface area contributed by atoms with E-state index in [1.54, 1.807) is 11.1 Å². The lowest BCUT2D eigenvalue weighted by molar-refractivity contribution is 0.156. The van der Waals surface area contributed by atoms with Crippen molar-refractivity contribution in [1.29, 1.82) is 0 Å². The average Bonchev–Trinajstić information content (AvgIpc) is 2.96. The maximum absolute atomic E-state index is 10.5. The van der Waals surface area contributed by atoms with Gasteiger partial charge < -0.3 is 10.2 Å². The van der Waals surface area contributed by atoms with Crippen LogP contribution in [-0.2, 0) is 18.3 Å². The fourth-order valence-corrected chi connectivity index (χ4v) is 6.74. The van der Waals surface area contributed by atoms with Gasteiger partial charge in [-0.25, -0.2) is 0 Å². The van der Waals surface area contributed by atoms with Crippen molar-refractivity contribution in [1.82, 2.24) is 0 Å².